The third-order valence-electron chi connectivity index (χ3n) is 2.19. The summed E-state index contributed by atoms with van der Waals surface area (Å²) in [7, 11) is 0. The molecule has 0 radical (unpaired) electrons. The monoisotopic (exact) mass is 145 g/mol. The Morgan fingerprint density at radius 1 is 1.09 bits per heavy atom. The molecular formula is C10H11N. The van der Waals surface area contributed by atoms with Gasteiger partial charge >= 0.3 is 0 Å². The Kier molecular flexibility index (Phi) is 1.42. The molecule has 0 bridgehead atoms. The molecule has 1 aromatic carbocycles. The van der Waals surface area contributed by atoms with Gasteiger partial charge in [-0.3, -0.25) is 0 Å². The van der Waals surface area contributed by atoms with Gasteiger partial charge in [-0.2, -0.15) is 0 Å². The van der Waals surface area contributed by atoms with E-state index in [-0.39, 0.29) is 0 Å². The summed E-state index contributed by atoms with van der Waals surface area (Å²) >= 11 is 0. The Morgan fingerprint density at radius 3 is 2.09 bits per heavy atom. The molecule has 1 aromatic rings. The lowest BCUT2D eigenvalue weighted by atomic mass is 10.1. The fourth-order valence-electron chi connectivity index (χ4n) is 1.57. The summed E-state index contributed by atoms with van der Waals surface area (Å²) in [6.07, 6.45) is 3.83. The van der Waals surface area contributed by atoms with E-state index < -0.39 is 0 Å². The van der Waals surface area contributed by atoms with Crippen molar-refractivity contribution in [2.24, 2.45) is 5.73 Å². The van der Waals surface area contributed by atoms with Crippen LogP contribution in [0.4, 0.5) is 0 Å². The summed E-state index contributed by atoms with van der Waals surface area (Å²) in [4.78, 5) is 0. The first kappa shape index (κ1) is 6.47. The highest BCUT2D eigenvalue weighted by atomic mass is 14.5. The summed E-state index contributed by atoms with van der Waals surface area (Å²) in [5.41, 5.74) is 9.66. The Bertz CT molecular complexity index is 272. The van der Waals surface area contributed by atoms with Crippen molar-refractivity contribution >= 4 is 0 Å². The molecule has 0 saturated carbocycles. The van der Waals surface area contributed by atoms with Gasteiger partial charge in [-0.15, -0.1) is 0 Å². The van der Waals surface area contributed by atoms with E-state index in [1.54, 1.807) is 6.20 Å². The molecule has 1 aliphatic carbocycles. The highest BCUT2D eigenvalue weighted by Gasteiger charge is 2.12. The first-order valence-electron chi connectivity index (χ1n) is 3.86. The molecular weight excluding hydrogens is 134 g/mol. The minimum absolute atomic E-state index is 1.05. The third-order valence-corrected chi connectivity index (χ3v) is 2.19. The largest absolute Gasteiger partial charge is 0.405 e. The van der Waals surface area contributed by atoms with Gasteiger partial charge in [0.2, 0.25) is 0 Å². The van der Waals surface area contributed by atoms with Crippen LogP contribution in [-0.4, -0.2) is 0 Å². The Labute approximate surface area is 66.5 Å². The number of fused-ring (bicyclic) bond motifs is 1. The van der Waals surface area contributed by atoms with Crippen molar-refractivity contribution in [3.63, 3.8) is 0 Å². The molecule has 1 nitrogen and oxygen atoms in total. The molecule has 0 amide bonds. The van der Waals surface area contributed by atoms with Crippen LogP contribution in [-0.2, 0) is 12.8 Å². The van der Waals surface area contributed by atoms with Crippen molar-refractivity contribution in [2.45, 2.75) is 12.8 Å². The van der Waals surface area contributed by atoms with Gasteiger partial charge in [0.05, 0.1) is 0 Å². The molecule has 2 rings (SSSR count). The molecule has 0 atom stereocenters. The van der Waals surface area contributed by atoms with Gasteiger partial charge in [-0.1, -0.05) is 24.3 Å². The summed E-state index contributed by atoms with van der Waals surface area (Å²) in [5.74, 6) is 0. The average molecular weight is 145 g/mol. The molecule has 0 spiro atoms. The van der Waals surface area contributed by atoms with Crippen molar-refractivity contribution in [1.82, 2.24) is 0 Å². The summed E-state index contributed by atoms with van der Waals surface area (Å²) in [6, 6.07) is 8.51. The van der Waals surface area contributed by atoms with Crippen LogP contribution < -0.4 is 5.73 Å². The molecule has 0 aliphatic heterocycles. The minimum atomic E-state index is 1.05. The molecule has 0 saturated heterocycles. The highest BCUT2D eigenvalue weighted by Crippen LogP contribution is 2.24. The maximum atomic E-state index is 5.45. The zero-order chi connectivity index (χ0) is 7.68. The van der Waals surface area contributed by atoms with Crippen LogP contribution in [0.1, 0.15) is 11.1 Å². The molecule has 0 fully saturated rings. The maximum Gasteiger partial charge on any atom is -0.00437 e. The van der Waals surface area contributed by atoms with Crippen LogP contribution in [0.15, 0.2) is 36.0 Å². The van der Waals surface area contributed by atoms with Gasteiger partial charge in [-0.25, -0.2) is 0 Å². The lowest BCUT2D eigenvalue weighted by molar-refractivity contribution is 1.15. The van der Waals surface area contributed by atoms with Crippen molar-refractivity contribution in [3.8, 4) is 0 Å². The predicted molar refractivity (Wildman–Crippen MR) is 46.1 cm³/mol. The van der Waals surface area contributed by atoms with Gasteiger partial charge in [0.1, 0.15) is 0 Å². The van der Waals surface area contributed by atoms with Crippen LogP contribution in [0, 0.1) is 0 Å². The number of hydrogen-bond acceptors (Lipinski definition) is 1. The second kappa shape index (κ2) is 2.42. The van der Waals surface area contributed by atoms with E-state index in [2.05, 4.69) is 24.3 Å². The fourth-order valence-corrected chi connectivity index (χ4v) is 1.57. The highest BCUT2D eigenvalue weighted by molar-refractivity contribution is 5.40. The summed E-state index contributed by atoms with van der Waals surface area (Å²) in [6.45, 7) is 0. The van der Waals surface area contributed by atoms with E-state index in [1.807, 2.05) is 0 Å². The summed E-state index contributed by atoms with van der Waals surface area (Å²) in [5, 5.41) is 0. The van der Waals surface area contributed by atoms with E-state index in [9.17, 15) is 0 Å². The van der Waals surface area contributed by atoms with E-state index in [0.29, 0.717) is 0 Å². The predicted octanol–water partition coefficient (Wildman–Crippen LogP) is 1.63. The Hall–Kier alpha value is -1.24. The van der Waals surface area contributed by atoms with Crippen molar-refractivity contribution < 1.29 is 0 Å². The van der Waals surface area contributed by atoms with Gasteiger partial charge in [0, 0.05) is 0 Å². The standard InChI is InChI=1S/C10H11N/c11-7-8-5-9-3-1-2-4-10(9)6-8/h1-4,7H,5-6,11H2. The lowest BCUT2D eigenvalue weighted by Crippen LogP contribution is -1.86. The first-order valence-corrected chi connectivity index (χ1v) is 3.86. The van der Waals surface area contributed by atoms with Gasteiger partial charge < -0.3 is 5.73 Å². The van der Waals surface area contributed by atoms with Crippen LogP contribution in [0.2, 0.25) is 0 Å². The second-order valence-electron chi connectivity index (χ2n) is 2.95. The van der Waals surface area contributed by atoms with Crippen LogP contribution >= 0.6 is 0 Å². The van der Waals surface area contributed by atoms with Crippen molar-refractivity contribution in [2.75, 3.05) is 0 Å². The van der Waals surface area contributed by atoms with E-state index in [4.69, 9.17) is 5.73 Å². The molecule has 56 valence electrons. The van der Waals surface area contributed by atoms with E-state index >= 15 is 0 Å². The number of benzene rings is 1. The molecule has 0 unspecified atom stereocenters. The number of hydrogen-bond donors (Lipinski definition) is 1. The van der Waals surface area contributed by atoms with Crippen LogP contribution in [0.5, 0.6) is 0 Å². The minimum Gasteiger partial charge on any atom is -0.405 e. The number of rotatable bonds is 0. The molecule has 0 heterocycles. The second-order valence-corrected chi connectivity index (χ2v) is 2.95. The molecule has 1 aliphatic rings. The SMILES string of the molecule is NC=C1Cc2ccccc2C1. The van der Waals surface area contributed by atoms with Gasteiger partial charge in [0.15, 0.2) is 0 Å². The molecule has 11 heavy (non-hydrogen) atoms. The topological polar surface area (TPSA) is 26.0 Å². The Balaban J connectivity index is 2.41. The Morgan fingerprint density at radius 2 is 1.64 bits per heavy atom. The van der Waals surface area contributed by atoms with Crippen molar-refractivity contribution in [1.29, 1.82) is 0 Å². The normalized spacial score (nSPS) is 14.7. The molecule has 2 N–H and O–H groups in total. The first-order chi connectivity index (χ1) is 5.40. The zero-order valence-electron chi connectivity index (χ0n) is 6.38. The van der Waals surface area contributed by atoms with Gasteiger partial charge in [0.25, 0.3) is 0 Å². The lowest BCUT2D eigenvalue weighted by Gasteiger charge is -1.92. The van der Waals surface area contributed by atoms with E-state index in [0.717, 1.165) is 12.8 Å². The molecule has 0 aromatic heterocycles. The third kappa shape index (κ3) is 1.03. The smallest absolute Gasteiger partial charge is 0.00437 e. The van der Waals surface area contributed by atoms with E-state index in [1.165, 1.54) is 16.7 Å². The maximum absolute atomic E-state index is 5.45. The summed E-state index contributed by atoms with van der Waals surface area (Å²) < 4.78 is 0. The number of nitrogens with two attached hydrogens (primary N) is 1. The fraction of sp³-hybridized carbons (Fsp3) is 0.200. The zero-order valence-corrected chi connectivity index (χ0v) is 6.38. The number of allylic oxidation sites excluding steroid dienone is 1. The van der Waals surface area contributed by atoms with Gasteiger partial charge in [-0.05, 0) is 35.7 Å². The molecule has 1 heteroatoms. The van der Waals surface area contributed by atoms with Crippen molar-refractivity contribution in [3.05, 3.63) is 47.2 Å². The quantitative estimate of drug-likeness (QED) is 0.590. The van der Waals surface area contributed by atoms with Crippen LogP contribution in [0.3, 0.4) is 0 Å². The average Bonchev–Trinajstić information content (AvgIpc) is 2.46. The van der Waals surface area contributed by atoms with Crippen LogP contribution in [0.25, 0.3) is 0 Å².